The monoisotopic (exact) mass is 694 g/mol. The van der Waals surface area contributed by atoms with E-state index in [0.29, 0.717) is 76.0 Å². The molecule has 3 aliphatic rings. The molecule has 3 aromatic carbocycles. The van der Waals surface area contributed by atoms with Crippen molar-refractivity contribution < 1.29 is 17.6 Å². The van der Waals surface area contributed by atoms with Gasteiger partial charge in [0.25, 0.3) is 6.08 Å². The summed E-state index contributed by atoms with van der Waals surface area (Å²) in [6.07, 6.45) is 13.6. The van der Waals surface area contributed by atoms with Crippen LogP contribution in [0.4, 0.5) is 23.4 Å². The van der Waals surface area contributed by atoms with Crippen LogP contribution in [0.1, 0.15) is 75.2 Å². The fourth-order valence-corrected chi connectivity index (χ4v) is 9.36. The first kappa shape index (κ1) is 33.6. The number of benzene rings is 3. The summed E-state index contributed by atoms with van der Waals surface area (Å²) < 4.78 is 62.2. The van der Waals surface area contributed by atoms with E-state index in [1.165, 1.54) is 6.07 Å². The highest BCUT2D eigenvalue weighted by Gasteiger charge is 2.47. The number of anilines is 1. The molecule has 0 spiro atoms. The van der Waals surface area contributed by atoms with E-state index in [4.69, 9.17) is 21.5 Å². The molecular formula is C41H42F4N6. The van der Waals surface area contributed by atoms with Gasteiger partial charge in [-0.2, -0.15) is 13.9 Å². The molecule has 0 amide bonds. The van der Waals surface area contributed by atoms with Crippen molar-refractivity contribution >= 4 is 38.4 Å². The zero-order chi connectivity index (χ0) is 35.6. The fourth-order valence-electron chi connectivity index (χ4n) is 9.36. The van der Waals surface area contributed by atoms with Gasteiger partial charge in [-0.3, -0.25) is 9.58 Å². The Morgan fingerprint density at radius 3 is 2.71 bits per heavy atom. The third-order valence-corrected chi connectivity index (χ3v) is 11.6. The zero-order valence-corrected chi connectivity index (χ0v) is 29.4. The lowest BCUT2D eigenvalue weighted by molar-refractivity contribution is 0.182. The molecule has 0 saturated carbocycles. The lowest BCUT2D eigenvalue weighted by Crippen LogP contribution is -2.38. The Morgan fingerprint density at radius 1 is 1.08 bits per heavy atom. The third kappa shape index (κ3) is 5.65. The molecule has 3 saturated heterocycles. The second-order valence-electron chi connectivity index (χ2n) is 15.0. The van der Waals surface area contributed by atoms with E-state index >= 15 is 8.78 Å². The van der Waals surface area contributed by atoms with Crippen LogP contribution in [0.5, 0.6) is 0 Å². The summed E-state index contributed by atoms with van der Waals surface area (Å²) in [5, 5.41) is 7.27. The fraction of sp³-hybridized carbons (Fsp3) is 0.439. The van der Waals surface area contributed by atoms with Crippen LogP contribution >= 0.6 is 0 Å². The van der Waals surface area contributed by atoms with Gasteiger partial charge in [0, 0.05) is 66.7 Å². The Hall–Kier alpha value is -4.49. The number of hydrogen-bond acceptors (Lipinski definition) is 5. The maximum Gasteiger partial charge on any atom is 0.270 e. The highest BCUT2D eigenvalue weighted by molar-refractivity contribution is 6.18. The molecule has 51 heavy (non-hydrogen) atoms. The molecule has 3 fully saturated rings. The van der Waals surface area contributed by atoms with Crippen molar-refractivity contribution in [2.45, 2.75) is 77.2 Å². The van der Waals surface area contributed by atoms with Gasteiger partial charge in [-0.15, -0.1) is 6.42 Å². The van der Waals surface area contributed by atoms with E-state index in [9.17, 15) is 8.78 Å². The van der Waals surface area contributed by atoms with Crippen molar-refractivity contribution in [2.75, 3.05) is 31.1 Å². The predicted molar refractivity (Wildman–Crippen MR) is 195 cm³/mol. The maximum absolute atomic E-state index is 17.7. The Morgan fingerprint density at radius 2 is 1.92 bits per heavy atom. The minimum Gasteiger partial charge on any atom is -0.356 e. The summed E-state index contributed by atoms with van der Waals surface area (Å²) in [5.41, 5.74) is 2.07. The van der Waals surface area contributed by atoms with Gasteiger partial charge in [-0.25, -0.2) is 18.7 Å². The number of rotatable bonds is 7. The van der Waals surface area contributed by atoms with Gasteiger partial charge >= 0.3 is 0 Å². The molecule has 6 nitrogen and oxygen atoms in total. The maximum atomic E-state index is 17.7. The molecule has 3 aliphatic heterocycles. The first-order valence-electron chi connectivity index (χ1n) is 18.2. The summed E-state index contributed by atoms with van der Waals surface area (Å²) >= 11 is 0. The molecule has 0 N–H and O–H groups in total. The second kappa shape index (κ2) is 12.9. The molecular weight excluding hydrogens is 652 g/mol. The SMILES string of the molecule is C#Cc1c(F)ccc2cc(C)cc(-c3c(F)c4nc(CCC56CCCN5CC(=C(F)F)C6)nc(N5CCCC(CCC)C5)c4c4cn(C)nc34)c12. The minimum atomic E-state index is -1.58. The number of hydrogen-bond donors (Lipinski definition) is 0. The minimum absolute atomic E-state index is 0.0699. The number of fused-ring (bicyclic) bond motifs is 5. The summed E-state index contributed by atoms with van der Waals surface area (Å²) in [5.74, 6) is 3.07. The van der Waals surface area contributed by atoms with Gasteiger partial charge in [-0.1, -0.05) is 37.5 Å². The lowest BCUT2D eigenvalue weighted by Gasteiger charge is -2.35. The molecule has 2 unspecified atom stereocenters. The van der Waals surface area contributed by atoms with Crippen LogP contribution in [-0.2, 0) is 13.5 Å². The van der Waals surface area contributed by atoms with Crippen LogP contribution in [0.3, 0.4) is 0 Å². The molecule has 0 aliphatic carbocycles. The van der Waals surface area contributed by atoms with Gasteiger partial charge in [0.05, 0.1) is 10.9 Å². The largest absolute Gasteiger partial charge is 0.356 e. The van der Waals surface area contributed by atoms with Crippen LogP contribution in [0.25, 0.3) is 43.7 Å². The van der Waals surface area contributed by atoms with Crippen molar-refractivity contribution in [1.29, 1.82) is 0 Å². The van der Waals surface area contributed by atoms with Gasteiger partial charge in [0.2, 0.25) is 0 Å². The van der Waals surface area contributed by atoms with Crippen molar-refractivity contribution in [3.05, 3.63) is 70.7 Å². The Balaban J connectivity index is 1.36. The van der Waals surface area contributed by atoms with Crippen LogP contribution in [0.2, 0.25) is 0 Å². The molecule has 10 heteroatoms. The molecule has 0 bridgehead atoms. The van der Waals surface area contributed by atoms with E-state index in [1.54, 1.807) is 17.8 Å². The second-order valence-corrected chi connectivity index (χ2v) is 15.0. The Kier molecular flexibility index (Phi) is 8.53. The summed E-state index contributed by atoms with van der Waals surface area (Å²) in [7, 11) is 1.80. The summed E-state index contributed by atoms with van der Waals surface area (Å²) in [6, 6.07) is 6.77. The summed E-state index contributed by atoms with van der Waals surface area (Å²) in [6.45, 7) is 6.78. The van der Waals surface area contributed by atoms with Crippen LogP contribution in [-0.4, -0.2) is 56.4 Å². The van der Waals surface area contributed by atoms with Gasteiger partial charge in [-0.05, 0) is 86.9 Å². The average molecular weight is 695 g/mol. The van der Waals surface area contributed by atoms with Crippen molar-refractivity contribution in [3.8, 4) is 23.5 Å². The van der Waals surface area contributed by atoms with E-state index in [-0.39, 0.29) is 27.8 Å². The van der Waals surface area contributed by atoms with Crippen molar-refractivity contribution in [2.24, 2.45) is 13.0 Å². The normalized spacial score (nSPS) is 20.9. The number of aromatic nitrogens is 4. The predicted octanol–water partition coefficient (Wildman–Crippen LogP) is 9.24. The Labute approximate surface area is 295 Å². The van der Waals surface area contributed by atoms with Gasteiger partial charge in [0.1, 0.15) is 28.5 Å². The van der Waals surface area contributed by atoms with Crippen LogP contribution < -0.4 is 4.90 Å². The quantitative estimate of drug-likeness (QED) is 0.126. The molecule has 8 rings (SSSR count). The van der Waals surface area contributed by atoms with E-state index in [2.05, 4.69) is 22.6 Å². The van der Waals surface area contributed by atoms with Crippen molar-refractivity contribution in [3.63, 3.8) is 0 Å². The van der Waals surface area contributed by atoms with E-state index < -0.39 is 17.7 Å². The highest BCUT2D eigenvalue weighted by atomic mass is 19.3. The number of halogens is 4. The van der Waals surface area contributed by atoms with Gasteiger partial charge < -0.3 is 4.90 Å². The van der Waals surface area contributed by atoms with Crippen LogP contribution in [0, 0.1) is 36.8 Å². The van der Waals surface area contributed by atoms with Gasteiger partial charge in [0.15, 0.2) is 5.82 Å². The number of aryl methyl sites for hydroxylation is 3. The molecule has 5 aromatic rings. The molecule has 2 atom stereocenters. The first-order valence-corrected chi connectivity index (χ1v) is 18.2. The average Bonchev–Trinajstić information content (AvgIpc) is 3.80. The molecule has 5 heterocycles. The highest BCUT2D eigenvalue weighted by Crippen LogP contribution is 2.47. The van der Waals surface area contributed by atoms with E-state index in [1.807, 2.05) is 25.3 Å². The smallest absolute Gasteiger partial charge is 0.270 e. The topological polar surface area (TPSA) is 50.1 Å². The zero-order valence-electron chi connectivity index (χ0n) is 29.4. The molecule has 2 aromatic heterocycles. The van der Waals surface area contributed by atoms with E-state index in [0.717, 1.165) is 63.7 Å². The summed E-state index contributed by atoms with van der Waals surface area (Å²) in [4.78, 5) is 14.7. The number of piperidine rings is 1. The molecule has 264 valence electrons. The number of terminal acetylenes is 1. The number of nitrogens with zero attached hydrogens (tertiary/aromatic N) is 6. The van der Waals surface area contributed by atoms with Crippen molar-refractivity contribution in [1.82, 2.24) is 24.6 Å². The molecule has 0 radical (unpaired) electrons. The standard InChI is InChI=1S/C41H42F4N6/c1-5-9-25-10-7-16-50(21-25)40-35-30-23-49(4)48-37(30)34(29-19-24(3)18-26-11-12-31(42)28(6-2)33(26)29)36(43)38(35)46-32(47-40)13-15-41-14-8-17-51(41)22-27(20-41)39(44)45/h2,11-12,18-19,23,25H,5,7-10,13-17,20-22H2,1,3-4H3. The van der Waals surface area contributed by atoms with Crippen LogP contribution in [0.15, 0.2) is 42.1 Å². The Bertz CT molecular complexity index is 2280. The first-order chi connectivity index (χ1) is 24.6. The third-order valence-electron chi connectivity index (χ3n) is 11.6. The lowest BCUT2D eigenvalue weighted by atomic mass is 9.87.